The van der Waals surface area contributed by atoms with Crippen LogP contribution in [0.25, 0.3) is 0 Å². The number of hydrogen-bond donors (Lipinski definition) is 0. The van der Waals surface area contributed by atoms with Crippen molar-refractivity contribution in [1.29, 1.82) is 5.26 Å². The van der Waals surface area contributed by atoms with Gasteiger partial charge in [-0.05, 0) is 36.8 Å². The largest absolute Gasteiger partial charge is 0.378 e. The zero-order valence-corrected chi connectivity index (χ0v) is 18.1. The normalized spacial score (nSPS) is 24.0. The number of carbonyl (C=O) groups excluding carboxylic acids is 1. The second kappa shape index (κ2) is 10.1. The van der Waals surface area contributed by atoms with Gasteiger partial charge < -0.3 is 9.64 Å². The quantitative estimate of drug-likeness (QED) is 0.713. The van der Waals surface area contributed by atoms with E-state index in [4.69, 9.17) is 4.74 Å². The number of ether oxygens (including phenoxy) is 1. The van der Waals surface area contributed by atoms with Crippen LogP contribution in [-0.4, -0.2) is 48.1 Å². The van der Waals surface area contributed by atoms with Crippen LogP contribution in [0.1, 0.15) is 36.8 Å². The Morgan fingerprint density at radius 3 is 2.16 bits per heavy atom. The van der Waals surface area contributed by atoms with Gasteiger partial charge in [0.2, 0.25) is 5.91 Å². The van der Waals surface area contributed by atoms with Crippen molar-refractivity contribution in [2.75, 3.05) is 26.3 Å². The molecule has 2 atom stereocenters. The molecule has 2 unspecified atom stereocenters. The van der Waals surface area contributed by atoms with E-state index in [1.807, 2.05) is 17.0 Å². The Morgan fingerprint density at radius 2 is 1.61 bits per heavy atom. The zero-order valence-electron chi connectivity index (χ0n) is 18.1. The topological polar surface area (TPSA) is 56.6 Å². The fourth-order valence-corrected chi connectivity index (χ4v) is 4.92. The number of rotatable bonds is 6. The van der Waals surface area contributed by atoms with E-state index in [9.17, 15) is 10.1 Å². The van der Waals surface area contributed by atoms with E-state index in [1.165, 1.54) is 11.1 Å². The summed E-state index contributed by atoms with van der Waals surface area (Å²) in [6.45, 7) is 3.92. The van der Waals surface area contributed by atoms with Gasteiger partial charge >= 0.3 is 0 Å². The molecule has 1 saturated carbocycles. The van der Waals surface area contributed by atoms with Gasteiger partial charge in [-0.3, -0.25) is 9.69 Å². The molecule has 162 valence electrons. The molecule has 1 saturated heterocycles. The molecule has 2 aromatic rings. The van der Waals surface area contributed by atoms with Crippen LogP contribution in [0.2, 0.25) is 0 Å². The highest BCUT2D eigenvalue weighted by Gasteiger charge is 2.46. The van der Waals surface area contributed by atoms with Gasteiger partial charge in [0.15, 0.2) is 0 Å². The van der Waals surface area contributed by atoms with Gasteiger partial charge in [0, 0.05) is 32.2 Å². The highest BCUT2D eigenvalue weighted by Crippen LogP contribution is 2.40. The molecule has 0 radical (unpaired) electrons. The Labute approximate surface area is 185 Å². The lowest BCUT2D eigenvalue weighted by molar-refractivity contribution is -0.146. The molecule has 2 fully saturated rings. The highest BCUT2D eigenvalue weighted by atomic mass is 16.5. The minimum atomic E-state index is -0.925. The SMILES string of the molecule is N#CC1(C(=O)N2CCOCC2)CCCC(N(Cc2ccccc2)Cc2ccccc2)C1. The molecule has 1 aliphatic carbocycles. The maximum atomic E-state index is 13.4. The van der Waals surface area contributed by atoms with Crippen molar-refractivity contribution in [3.63, 3.8) is 0 Å². The first-order chi connectivity index (χ1) is 15.2. The van der Waals surface area contributed by atoms with E-state index >= 15 is 0 Å². The predicted octanol–water partition coefficient (Wildman–Crippen LogP) is 4.00. The van der Waals surface area contributed by atoms with Crippen molar-refractivity contribution < 1.29 is 9.53 Å². The summed E-state index contributed by atoms with van der Waals surface area (Å²) in [6.07, 6.45) is 3.16. The molecule has 0 N–H and O–H groups in total. The summed E-state index contributed by atoms with van der Waals surface area (Å²) in [7, 11) is 0. The lowest BCUT2D eigenvalue weighted by Gasteiger charge is -2.43. The van der Waals surface area contributed by atoms with Crippen molar-refractivity contribution >= 4 is 5.91 Å². The first-order valence-corrected chi connectivity index (χ1v) is 11.3. The van der Waals surface area contributed by atoms with Crippen molar-refractivity contribution in [2.24, 2.45) is 5.41 Å². The molecule has 5 heteroatoms. The second-order valence-corrected chi connectivity index (χ2v) is 8.72. The molecule has 5 nitrogen and oxygen atoms in total. The first kappa shape index (κ1) is 21.5. The van der Waals surface area contributed by atoms with Gasteiger partial charge in [-0.2, -0.15) is 5.26 Å². The average Bonchev–Trinajstić information content (AvgIpc) is 2.85. The fraction of sp³-hybridized carbons (Fsp3) is 0.462. The number of morpholine rings is 1. The van der Waals surface area contributed by atoms with Crippen LogP contribution < -0.4 is 0 Å². The van der Waals surface area contributed by atoms with Crippen LogP contribution in [0.15, 0.2) is 60.7 Å². The van der Waals surface area contributed by atoms with Gasteiger partial charge in [0.05, 0.1) is 19.3 Å². The van der Waals surface area contributed by atoms with Crippen LogP contribution in [0.3, 0.4) is 0 Å². The molecule has 2 aromatic carbocycles. The first-order valence-electron chi connectivity index (χ1n) is 11.3. The molecular formula is C26H31N3O2. The Kier molecular flexibility index (Phi) is 7.01. The standard InChI is InChI=1S/C26H31N3O2/c27-21-26(25(30)28-14-16-31-17-15-28)13-7-12-24(18-26)29(19-22-8-3-1-4-9-22)20-23-10-5-2-6-11-23/h1-6,8-11,24H,7,12-20H2. The number of amides is 1. The van der Waals surface area contributed by atoms with Crippen molar-refractivity contribution in [2.45, 2.75) is 44.8 Å². The van der Waals surface area contributed by atoms with Gasteiger partial charge in [-0.25, -0.2) is 0 Å². The minimum Gasteiger partial charge on any atom is -0.378 e. The maximum Gasteiger partial charge on any atom is 0.243 e. The third-order valence-corrected chi connectivity index (χ3v) is 6.62. The molecule has 4 rings (SSSR count). The summed E-state index contributed by atoms with van der Waals surface area (Å²) in [6, 6.07) is 23.6. The van der Waals surface area contributed by atoms with Gasteiger partial charge in [0.25, 0.3) is 0 Å². The number of hydrogen-bond acceptors (Lipinski definition) is 4. The molecule has 1 aliphatic heterocycles. The molecule has 1 heterocycles. The molecule has 0 bridgehead atoms. The van der Waals surface area contributed by atoms with Gasteiger partial charge in [0.1, 0.15) is 5.41 Å². The third kappa shape index (κ3) is 5.15. The molecule has 1 amide bonds. The molecule has 31 heavy (non-hydrogen) atoms. The van der Waals surface area contributed by atoms with Crippen molar-refractivity contribution in [3.05, 3.63) is 71.8 Å². The maximum absolute atomic E-state index is 13.4. The minimum absolute atomic E-state index is 0.00220. The smallest absolute Gasteiger partial charge is 0.243 e. The number of benzene rings is 2. The van der Waals surface area contributed by atoms with Crippen LogP contribution >= 0.6 is 0 Å². The summed E-state index contributed by atoms with van der Waals surface area (Å²) >= 11 is 0. The lowest BCUT2D eigenvalue weighted by atomic mass is 9.71. The summed E-state index contributed by atoms with van der Waals surface area (Å²) in [5.41, 5.74) is 1.59. The number of nitrogens with zero attached hydrogens (tertiary/aromatic N) is 3. The summed E-state index contributed by atoms with van der Waals surface area (Å²) in [5, 5.41) is 10.2. The van der Waals surface area contributed by atoms with E-state index in [2.05, 4.69) is 59.5 Å². The zero-order chi connectivity index (χ0) is 21.5. The van der Waals surface area contributed by atoms with Crippen LogP contribution in [0.5, 0.6) is 0 Å². The van der Waals surface area contributed by atoms with E-state index in [0.717, 1.165) is 25.9 Å². The lowest BCUT2D eigenvalue weighted by Crippen LogP contribution is -2.52. The predicted molar refractivity (Wildman–Crippen MR) is 120 cm³/mol. The Bertz CT molecular complexity index is 848. The summed E-state index contributed by atoms with van der Waals surface area (Å²) in [5.74, 6) is 0.00220. The second-order valence-electron chi connectivity index (χ2n) is 8.72. The Morgan fingerprint density at radius 1 is 1.03 bits per heavy atom. The van der Waals surface area contributed by atoms with Gasteiger partial charge in [-0.1, -0.05) is 60.7 Å². The number of nitriles is 1. The summed E-state index contributed by atoms with van der Waals surface area (Å²) < 4.78 is 5.41. The molecule has 0 aromatic heterocycles. The Hall–Kier alpha value is -2.68. The number of carbonyl (C=O) groups is 1. The van der Waals surface area contributed by atoms with Crippen LogP contribution in [0, 0.1) is 16.7 Å². The van der Waals surface area contributed by atoms with E-state index in [1.54, 1.807) is 0 Å². The van der Waals surface area contributed by atoms with E-state index in [-0.39, 0.29) is 11.9 Å². The Balaban J connectivity index is 1.56. The van der Waals surface area contributed by atoms with Gasteiger partial charge in [-0.15, -0.1) is 0 Å². The van der Waals surface area contributed by atoms with Crippen molar-refractivity contribution in [3.8, 4) is 6.07 Å². The van der Waals surface area contributed by atoms with E-state index < -0.39 is 5.41 Å². The third-order valence-electron chi connectivity index (χ3n) is 6.62. The molecule has 2 aliphatic rings. The van der Waals surface area contributed by atoms with Crippen molar-refractivity contribution in [1.82, 2.24) is 9.80 Å². The summed E-state index contributed by atoms with van der Waals surface area (Å²) in [4.78, 5) is 17.7. The van der Waals surface area contributed by atoms with Crippen LogP contribution in [-0.2, 0) is 22.6 Å². The molecule has 0 spiro atoms. The molecular weight excluding hydrogens is 386 g/mol. The monoisotopic (exact) mass is 417 g/mol. The highest BCUT2D eigenvalue weighted by molar-refractivity contribution is 5.85. The fourth-order valence-electron chi connectivity index (χ4n) is 4.92. The average molecular weight is 418 g/mol. The van der Waals surface area contributed by atoms with E-state index in [0.29, 0.717) is 39.1 Å². The van der Waals surface area contributed by atoms with Crippen LogP contribution in [0.4, 0.5) is 0 Å².